The zero-order chi connectivity index (χ0) is 10.1. The Bertz CT molecular complexity index is 212. The molecule has 0 bridgehead atoms. The molecule has 0 aromatic rings. The minimum Gasteiger partial charge on any atom is -0.309 e. The number of likely N-dealkylation sites (tertiary alicyclic amines) is 1. The van der Waals surface area contributed by atoms with Gasteiger partial charge in [-0.3, -0.25) is 0 Å². The summed E-state index contributed by atoms with van der Waals surface area (Å²) in [6.07, 6.45) is 5.76. The minimum atomic E-state index is 0.799. The maximum atomic E-state index is 3.84. The van der Waals surface area contributed by atoms with E-state index < -0.39 is 0 Å². The van der Waals surface area contributed by atoms with E-state index in [2.05, 4.69) is 22.0 Å². The fraction of sp³-hybridized carbons (Fsp3) is 1.00. The van der Waals surface area contributed by atoms with Crippen molar-refractivity contribution in [1.82, 2.24) is 10.2 Å². The van der Waals surface area contributed by atoms with Crippen LogP contribution in [0.2, 0.25) is 0 Å². The van der Waals surface area contributed by atoms with Gasteiger partial charge < -0.3 is 10.2 Å². The van der Waals surface area contributed by atoms with Gasteiger partial charge in [0.2, 0.25) is 0 Å². The summed E-state index contributed by atoms with van der Waals surface area (Å²) in [6.45, 7) is 4.04. The number of rotatable bonds is 4. The molecule has 2 atom stereocenters. The van der Waals surface area contributed by atoms with Gasteiger partial charge >= 0.3 is 0 Å². The molecule has 3 fully saturated rings. The van der Waals surface area contributed by atoms with Crippen molar-refractivity contribution in [3.63, 3.8) is 0 Å². The van der Waals surface area contributed by atoms with Crippen molar-refractivity contribution in [2.45, 2.75) is 37.8 Å². The van der Waals surface area contributed by atoms with Gasteiger partial charge in [-0.25, -0.2) is 0 Å². The van der Waals surface area contributed by atoms with E-state index >= 15 is 0 Å². The smallest absolute Gasteiger partial charge is 0.0210 e. The van der Waals surface area contributed by atoms with Crippen LogP contribution in [0, 0.1) is 5.92 Å². The molecule has 2 aliphatic heterocycles. The molecule has 15 heavy (non-hydrogen) atoms. The van der Waals surface area contributed by atoms with Crippen molar-refractivity contribution in [1.29, 1.82) is 0 Å². The molecular weight excluding hydrogens is 204 g/mol. The average molecular weight is 226 g/mol. The van der Waals surface area contributed by atoms with Crippen molar-refractivity contribution < 1.29 is 0 Å². The highest BCUT2D eigenvalue weighted by molar-refractivity contribution is 7.99. The van der Waals surface area contributed by atoms with Crippen LogP contribution in [-0.2, 0) is 0 Å². The molecule has 86 valence electrons. The van der Waals surface area contributed by atoms with Crippen LogP contribution in [0.1, 0.15) is 25.7 Å². The van der Waals surface area contributed by atoms with E-state index in [1.165, 1.54) is 56.8 Å². The average Bonchev–Trinajstić information content (AvgIpc) is 2.74. The summed E-state index contributed by atoms with van der Waals surface area (Å²) in [5.41, 5.74) is 0. The zero-order valence-corrected chi connectivity index (χ0v) is 10.3. The molecule has 0 spiro atoms. The summed E-state index contributed by atoms with van der Waals surface area (Å²) in [7, 11) is 0. The first kappa shape index (κ1) is 10.4. The molecular formula is C12H22N2S. The summed E-state index contributed by atoms with van der Waals surface area (Å²) < 4.78 is 0. The Hall–Kier alpha value is 0.270. The summed E-state index contributed by atoms with van der Waals surface area (Å²) in [5.74, 6) is 3.78. The van der Waals surface area contributed by atoms with Crippen LogP contribution in [0.3, 0.4) is 0 Å². The van der Waals surface area contributed by atoms with Crippen molar-refractivity contribution in [3.05, 3.63) is 0 Å². The van der Waals surface area contributed by atoms with Crippen LogP contribution in [-0.4, -0.2) is 48.1 Å². The number of nitrogens with one attached hydrogen (secondary N) is 1. The maximum Gasteiger partial charge on any atom is 0.0210 e. The van der Waals surface area contributed by atoms with E-state index in [9.17, 15) is 0 Å². The van der Waals surface area contributed by atoms with Gasteiger partial charge in [-0.15, -0.1) is 0 Å². The van der Waals surface area contributed by atoms with E-state index in [0.29, 0.717) is 0 Å². The van der Waals surface area contributed by atoms with Crippen LogP contribution < -0.4 is 5.32 Å². The van der Waals surface area contributed by atoms with Crippen LogP contribution in [0.5, 0.6) is 0 Å². The first-order valence-corrected chi connectivity index (χ1v) is 7.62. The normalized spacial score (nSPS) is 37.6. The highest BCUT2D eigenvalue weighted by Gasteiger charge is 2.30. The molecule has 3 aliphatic rings. The molecule has 0 aromatic carbocycles. The lowest BCUT2D eigenvalue weighted by molar-refractivity contribution is 0.310. The van der Waals surface area contributed by atoms with Crippen molar-refractivity contribution in [2.24, 2.45) is 5.92 Å². The van der Waals surface area contributed by atoms with E-state index in [0.717, 1.165) is 18.0 Å². The quantitative estimate of drug-likeness (QED) is 0.783. The van der Waals surface area contributed by atoms with Crippen LogP contribution in [0.25, 0.3) is 0 Å². The Morgan fingerprint density at radius 1 is 1.13 bits per heavy atom. The number of thioether (sulfide) groups is 1. The highest BCUT2D eigenvalue weighted by Crippen LogP contribution is 2.30. The fourth-order valence-corrected chi connectivity index (χ4v) is 3.96. The predicted octanol–water partition coefficient (Wildman–Crippen LogP) is 1.57. The second kappa shape index (κ2) is 4.64. The van der Waals surface area contributed by atoms with Gasteiger partial charge in [-0.2, -0.15) is 11.8 Å². The summed E-state index contributed by atoms with van der Waals surface area (Å²) >= 11 is 2.11. The third-order valence-electron chi connectivity index (χ3n) is 3.89. The van der Waals surface area contributed by atoms with Gasteiger partial charge in [0.1, 0.15) is 0 Å². The summed E-state index contributed by atoms with van der Waals surface area (Å²) in [5, 5.41) is 3.84. The molecule has 1 aliphatic carbocycles. The van der Waals surface area contributed by atoms with E-state index in [1.54, 1.807) is 0 Å². The van der Waals surface area contributed by atoms with E-state index in [-0.39, 0.29) is 0 Å². The lowest BCUT2D eigenvalue weighted by Crippen LogP contribution is -2.40. The second-order valence-electron chi connectivity index (χ2n) is 5.42. The van der Waals surface area contributed by atoms with E-state index in [4.69, 9.17) is 0 Å². The molecule has 2 unspecified atom stereocenters. The topological polar surface area (TPSA) is 15.3 Å². The zero-order valence-electron chi connectivity index (χ0n) is 9.45. The Morgan fingerprint density at radius 3 is 2.80 bits per heavy atom. The molecule has 2 saturated heterocycles. The number of nitrogens with zero attached hydrogens (tertiary/aromatic N) is 1. The highest BCUT2D eigenvalue weighted by atomic mass is 32.2. The fourth-order valence-electron chi connectivity index (χ4n) is 2.80. The molecule has 0 amide bonds. The van der Waals surface area contributed by atoms with Gasteiger partial charge in [0, 0.05) is 30.9 Å². The first-order chi connectivity index (χ1) is 7.40. The monoisotopic (exact) mass is 226 g/mol. The van der Waals surface area contributed by atoms with Gasteiger partial charge in [0.25, 0.3) is 0 Å². The largest absolute Gasteiger partial charge is 0.309 e. The Kier molecular flexibility index (Phi) is 3.23. The SMILES string of the molecule is C1CC(NC2CCN(CC3CC3)C2)CS1. The van der Waals surface area contributed by atoms with Crippen molar-refractivity contribution in [2.75, 3.05) is 31.1 Å². The van der Waals surface area contributed by atoms with E-state index in [1.807, 2.05) is 0 Å². The molecule has 3 rings (SSSR count). The van der Waals surface area contributed by atoms with Gasteiger partial charge in [-0.05, 0) is 43.9 Å². The third-order valence-corrected chi connectivity index (χ3v) is 5.05. The molecule has 3 heteroatoms. The van der Waals surface area contributed by atoms with Crippen molar-refractivity contribution >= 4 is 11.8 Å². The summed E-state index contributed by atoms with van der Waals surface area (Å²) in [6, 6.07) is 1.62. The number of hydrogen-bond acceptors (Lipinski definition) is 3. The molecule has 2 heterocycles. The molecule has 1 N–H and O–H groups in total. The van der Waals surface area contributed by atoms with Gasteiger partial charge in [0.05, 0.1) is 0 Å². The second-order valence-corrected chi connectivity index (χ2v) is 6.57. The molecule has 0 aromatic heterocycles. The Balaban J connectivity index is 1.39. The van der Waals surface area contributed by atoms with Crippen molar-refractivity contribution in [3.8, 4) is 0 Å². The maximum absolute atomic E-state index is 3.84. The Labute approximate surface area is 97.2 Å². The molecule has 0 radical (unpaired) electrons. The molecule has 2 nitrogen and oxygen atoms in total. The lowest BCUT2D eigenvalue weighted by atomic mass is 10.2. The van der Waals surface area contributed by atoms with Gasteiger partial charge in [0.15, 0.2) is 0 Å². The van der Waals surface area contributed by atoms with Crippen LogP contribution in [0.4, 0.5) is 0 Å². The predicted molar refractivity (Wildman–Crippen MR) is 66.4 cm³/mol. The Morgan fingerprint density at radius 2 is 2.07 bits per heavy atom. The van der Waals surface area contributed by atoms with Crippen LogP contribution >= 0.6 is 11.8 Å². The minimum absolute atomic E-state index is 0.799. The lowest BCUT2D eigenvalue weighted by Gasteiger charge is -2.19. The molecule has 1 saturated carbocycles. The van der Waals surface area contributed by atoms with Gasteiger partial charge in [-0.1, -0.05) is 0 Å². The summed E-state index contributed by atoms with van der Waals surface area (Å²) in [4.78, 5) is 2.68. The standard InChI is InChI=1S/C12H22N2S/c1-2-10(1)7-14-5-3-11(8-14)13-12-4-6-15-9-12/h10-13H,1-9H2. The third kappa shape index (κ3) is 2.89. The number of hydrogen-bond donors (Lipinski definition) is 1. The first-order valence-electron chi connectivity index (χ1n) is 6.46. The van der Waals surface area contributed by atoms with Crippen LogP contribution in [0.15, 0.2) is 0 Å².